The number of fused-ring (bicyclic) bond motifs is 2. The predicted octanol–water partition coefficient (Wildman–Crippen LogP) is 5.17. The molecule has 2 N–H and O–H groups in total. The van der Waals surface area contributed by atoms with Crippen molar-refractivity contribution in [3.8, 4) is 11.5 Å². The minimum Gasteiger partial charge on any atom is -0.493 e. The lowest BCUT2D eigenvalue weighted by molar-refractivity contribution is -0.119. The molecule has 1 aliphatic rings. The first-order valence-corrected chi connectivity index (χ1v) is 12.4. The second-order valence-corrected chi connectivity index (χ2v) is 9.58. The number of carbonyl (C=O) groups excluding carboxylic acids is 1. The van der Waals surface area contributed by atoms with E-state index in [1.165, 1.54) is 6.07 Å². The van der Waals surface area contributed by atoms with Crippen LogP contribution in [0.25, 0.3) is 10.9 Å². The average Bonchev–Trinajstić information content (AvgIpc) is 3.38. The molecule has 0 aliphatic carbocycles. The van der Waals surface area contributed by atoms with Gasteiger partial charge in [0.1, 0.15) is 17.2 Å². The van der Waals surface area contributed by atoms with Crippen LogP contribution in [0, 0.1) is 11.7 Å². The summed E-state index contributed by atoms with van der Waals surface area (Å²) in [5, 5.41) is 10.3. The number of nitrogens with zero attached hydrogens (tertiary/aromatic N) is 5. The minimum atomic E-state index is -0.475. The van der Waals surface area contributed by atoms with Crippen molar-refractivity contribution in [2.75, 3.05) is 35.9 Å². The van der Waals surface area contributed by atoms with Crippen LogP contribution in [-0.4, -0.2) is 52.9 Å². The van der Waals surface area contributed by atoms with E-state index < -0.39 is 11.9 Å². The lowest BCUT2D eigenvalue weighted by Gasteiger charge is -2.40. The Hall–Kier alpha value is -4.41. The Labute approximate surface area is 219 Å². The second kappa shape index (κ2) is 10.2. The molecule has 0 radical (unpaired) electrons. The normalized spacial score (nSPS) is 15.2. The Morgan fingerprint density at radius 1 is 1.13 bits per heavy atom. The molecule has 1 atom stereocenters. The summed E-state index contributed by atoms with van der Waals surface area (Å²) in [5.41, 5.74) is 1.98. The van der Waals surface area contributed by atoms with Crippen molar-refractivity contribution in [1.29, 1.82) is 0 Å². The molecule has 1 aliphatic heterocycles. The van der Waals surface area contributed by atoms with Gasteiger partial charge in [-0.25, -0.2) is 9.37 Å². The van der Waals surface area contributed by atoms with Gasteiger partial charge in [0.25, 0.3) is 5.91 Å². The van der Waals surface area contributed by atoms with Crippen LogP contribution in [0.4, 0.5) is 33.2 Å². The maximum atomic E-state index is 14.5. The number of halogens is 1. The van der Waals surface area contributed by atoms with Crippen LogP contribution in [0.5, 0.6) is 11.5 Å². The van der Waals surface area contributed by atoms with Gasteiger partial charge in [-0.15, -0.1) is 0 Å². The van der Waals surface area contributed by atoms with E-state index in [0.29, 0.717) is 57.7 Å². The number of aromatic nitrogens is 4. The Morgan fingerprint density at radius 2 is 1.92 bits per heavy atom. The highest BCUT2D eigenvalue weighted by molar-refractivity contribution is 6.10. The predicted molar refractivity (Wildman–Crippen MR) is 144 cm³/mol. The Morgan fingerprint density at radius 3 is 2.66 bits per heavy atom. The van der Waals surface area contributed by atoms with Crippen molar-refractivity contribution in [3.05, 3.63) is 48.5 Å². The Balaban J connectivity index is 1.58. The van der Waals surface area contributed by atoms with Crippen LogP contribution in [0.1, 0.15) is 27.2 Å². The number of aromatic amines is 1. The maximum Gasteiger partial charge on any atom is 0.254 e. The topological polar surface area (TPSA) is 109 Å². The number of amides is 1. The van der Waals surface area contributed by atoms with Crippen LogP contribution in [-0.2, 0) is 4.79 Å². The highest BCUT2D eigenvalue weighted by atomic mass is 19.1. The smallest absolute Gasteiger partial charge is 0.254 e. The van der Waals surface area contributed by atoms with Crippen LogP contribution in [0.15, 0.2) is 42.7 Å². The van der Waals surface area contributed by atoms with Crippen molar-refractivity contribution >= 4 is 45.6 Å². The molecule has 0 unspecified atom stereocenters. The molecule has 0 fully saturated rings. The van der Waals surface area contributed by atoms with Crippen LogP contribution >= 0.6 is 0 Å². The number of carbonyl (C=O) groups is 1. The molecule has 4 aromatic rings. The maximum absolute atomic E-state index is 14.5. The van der Waals surface area contributed by atoms with Crippen LogP contribution < -0.4 is 24.6 Å². The van der Waals surface area contributed by atoms with Crippen molar-refractivity contribution in [2.24, 2.45) is 5.92 Å². The lowest BCUT2D eigenvalue weighted by Crippen LogP contribution is -2.51. The molecule has 0 spiro atoms. The molecule has 10 nitrogen and oxygen atoms in total. The summed E-state index contributed by atoms with van der Waals surface area (Å²) in [6.45, 7) is 6.79. The van der Waals surface area contributed by atoms with Gasteiger partial charge in [0, 0.05) is 23.7 Å². The SMILES string of the molecule is COc1ccc(N2C(=O)[C@@H](C)N(CCC(C)C)c3nc(Nc4cc(F)c5[nH]ncc5c4)ncc32)cc1OC. The van der Waals surface area contributed by atoms with E-state index >= 15 is 0 Å². The molecule has 198 valence electrons. The summed E-state index contributed by atoms with van der Waals surface area (Å²) in [4.78, 5) is 26.6. The fraction of sp³-hybridized carbons (Fsp3) is 0.333. The molecule has 0 saturated carbocycles. The minimum absolute atomic E-state index is 0.106. The molecule has 3 heterocycles. The standard InChI is InChI=1S/C27H30FN7O3/c1-15(2)8-9-34-16(3)26(36)35(19-6-7-22(37-4)23(12-19)38-5)21-14-29-27(32-25(21)34)31-18-10-17-13-30-33-24(17)20(28)11-18/h6-7,10-16H,8-9H2,1-5H3,(H,30,33)(H,29,31,32)/t16-/m1/s1. The van der Waals surface area contributed by atoms with Crippen LogP contribution in [0.2, 0.25) is 0 Å². The lowest BCUT2D eigenvalue weighted by atomic mass is 10.1. The van der Waals surface area contributed by atoms with Crippen molar-refractivity contribution < 1.29 is 18.7 Å². The average molecular weight is 520 g/mol. The summed E-state index contributed by atoms with van der Waals surface area (Å²) in [5.74, 6) is 1.86. The van der Waals surface area contributed by atoms with Gasteiger partial charge in [0.15, 0.2) is 23.1 Å². The third-order valence-electron chi connectivity index (χ3n) is 6.64. The molecular formula is C27H30FN7O3. The first-order valence-electron chi connectivity index (χ1n) is 12.4. The summed E-state index contributed by atoms with van der Waals surface area (Å²) in [7, 11) is 3.11. The number of rotatable bonds is 8. The number of hydrogen-bond acceptors (Lipinski definition) is 8. The van der Waals surface area contributed by atoms with Crippen molar-refractivity contribution in [3.63, 3.8) is 0 Å². The van der Waals surface area contributed by atoms with E-state index in [9.17, 15) is 9.18 Å². The van der Waals surface area contributed by atoms with E-state index in [0.717, 1.165) is 6.42 Å². The van der Waals surface area contributed by atoms with Crippen molar-refractivity contribution in [2.45, 2.75) is 33.2 Å². The van der Waals surface area contributed by atoms with Gasteiger partial charge < -0.3 is 19.7 Å². The van der Waals surface area contributed by atoms with E-state index in [4.69, 9.17) is 14.5 Å². The van der Waals surface area contributed by atoms with Crippen LogP contribution in [0.3, 0.4) is 0 Å². The molecule has 1 amide bonds. The van der Waals surface area contributed by atoms with Gasteiger partial charge in [-0.2, -0.15) is 10.1 Å². The highest BCUT2D eigenvalue weighted by Crippen LogP contribution is 2.42. The van der Waals surface area contributed by atoms with Gasteiger partial charge >= 0.3 is 0 Å². The first kappa shape index (κ1) is 25.2. The molecule has 2 aromatic carbocycles. The zero-order valence-electron chi connectivity index (χ0n) is 21.9. The number of ether oxygens (including phenoxy) is 2. The molecule has 5 rings (SSSR count). The van der Waals surface area contributed by atoms with Gasteiger partial charge in [-0.1, -0.05) is 13.8 Å². The van der Waals surface area contributed by atoms with Gasteiger partial charge in [-0.05, 0) is 43.5 Å². The number of anilines is 5. The Kier molecular flexibility index (Phi) is 6.75. The van der Waals surface area contributed by atoms with Gasteiger partial charge in [0.05, 0.1) is 32.3 Å². The summed E-state index contributed by atoms with van der Waals surface area (Å²) < 4.78 is 25.4. The van der Waals surface area contributed by atoms with Crippen molar-refractivity contribution in [1.82, 2.24) is 20.2 Å². The number of benzene rings is 2. The van der Waals surface area contributed by atoms with E-state index in [1.807, 2.05) is 11.8 Å². The fourth-order valence-corrected chi connectivity index (χ4v) is 4.56. The highest BCUT2D eigenvalue weighted by Gasteiger charge is 2.38. The molecule has 2 aromatic heterocycles. The molecule has 0 bridgehead atoms. The molecule has 11 heteroatoms. The zero-order valence-corrected chi connectivity index (χ0v) is 21.9. The largest absolute Gasteiger partial charge is 0.493 e. The van der Waals surface area contributed by atoms with Gasteiger partial charge in [-0.3, -0.25) is 14.8 Å². The summed E-state index contributed by atoms with van der Waals surface area (Å²) >= 11 is 0. The van der Waals surface area contributed by atoms with E-state index in [2.05, 4.69) is 34.3 Å². The quantitative estimate of drug-likeness (QED) is 0.328. The fourth-order valence-electron chi connectivity index (χ4n) is 4.56. The number of H-pyrrole nitrogens is 1. The van der Waals surface area contributed by atoms with E-state index in [-0.39, 0.29) is 11.9 Å². The molecule has 38 heavy (non-hydrogen) atoms. The Bertz CT molecular complexity index is 1490. The zero-order chi connectivity index (χ0) is 27.0. The third-order valence-corrected chi connectivity index (χ3v) is 6.64. The number of methoxy groups -OCH3 is 2. The number of nitrogens with one attached hydrogen (secondary N) is 2. The van der Waals surface area contributed by atoms with Gasteiger partial charge in [0.2, 0.25) is 5.95 Å². The van der Waals surface area contributed by atoms with E-state index in [1.54, 1.807) is 55.8 Å². The molecule has 0 saturated heterocycles. The monoisotopic (exact) mass is 519 g/mol. The second-order valence-electron chi connectivity index (χ2n) is 9.58. The number of hydrogen-bond donors (Lipinski definition) is 2. The summed E-state index contributed by atoms with van der Waals surface area (Å²) in [6, 6.07) is 7.97. The molecular weight excluding hydrogens is 489 g/mol. The summed E-state index contributed by atoms with van der Waals surface area (Å²) in [6.07, 6.45) is 4.04. The third kappa shape index (κ3) is 4.55. The first-order chi connectivity index (χ1) is 18.3.